The Labute approximate surface area is 176 Å². The van der Waals surface area contributed by atoms with Gasteiger partial charge in [0.25, 0.3) is 17.2 Å². The molecule has 1 amide bonds. The van der Waals surface area contributed by atoms with Crippen LogP contribution >= 0.6 is 11.8 Å². The summed E-state index contributed by atoms with van der Waals surface area (Å²) in [6.07, 6.45) is -5.01. The number of aliphatic carboxylic acids is 1. The lowest BCUT2D eigenvalue weighted by Gasteiger charge is -2.16. The highest BCUT2D eigenvalue weighted by molar-refractivity contribution is 7.98. The normalized spacial score (nSPS) is 13.0. The van der Waals surface area contributed by atoms with E-state index in [0.29, 0.717) is 28.3 Å². The maximum atomic E-state index is 12.9. The van der Waals surface area contributed by atoms with Gasteiger partial charge in [0, 0.05) is 28.3 Å². The average Bonchev–Trinajstić information content (AvgIpc) is 3.19. The molecule has 0 saturated carbocycles. The lowest BCUT2D eigenvalue weighted by molar-refractivity contribution is -0.135. The molecule has 1 aliphatic rings. The zero-order valence-electron chi connectivity index (χ0n) is 15.7. The predicted octanol–water partition coefficient (Wildman–Crippen LogP) is 1.91. The van der Waals surface area contributed by atoms with Gasteiger partial charge in [-0.25, -0.2) is 0 Å². The summed E-state index contributed by atoms with van der Waals surface area (Å²) >= 11 is 1.38. The van der Waals surface area contributed by atoms with Gasteiger partial charge in [0.15, 0.2) is 0 Å². The molecule has 1 aromatic carbocycles. The van der Waals surface area contributed by atoms with Gasteiger partial charge >= 0.3 is 12.1 Å². The molecule has 0 spiro atoms. The number of benzene rings is 1. The summed E-state index contributed by atoms with van der Waals surface area (Å²) in [5.74, 6) is -4.21. The number of thioether (sulfide) groups is 1. The van der Waals surface area contributed by atoms with E-state index in [0.717, 1.165) is 12.1 Å². The number of hydrogen-bond donors (Lipinski definition) is 3. The van der Waals surface area contributed by atoms with E-state index < -0.39 is 52.8 Å². The van der Waals surface area contributed by atoms with Gasteiger partial charge in [0.2, 0.25) is 0 Å². The molecule has 0 saturated heterocycles. The third kappa shape index (κ3) is 4.58. The third-order valence-corrected chi connectivity index (χ3v) is 5.55. The van der Waals surface area contributed by atoms with Crippen LogP contribution in [0.2, 0.25) is 0 Å². The Bertz CT molecular complexity index is 1130. The van der Waals surface area contributed by atoms with Crippen LogP contribution in [0, 0.1) is 0 Å². The Morgan fingerprint density at radius 3 is 2.35 bits per heavy atom. The van der Waals surface area contributed by atoms with E-state index in [1.807, 2.05) is 5.32 Å². The summed E-state index contributed by atoms with van der Waals surface area (Å²) in [6, 6.07) is 4.51. The van der Waals surface area contributed by atoms with Crippen LogP contribution in [0.15, 0.2) is 29.1 Å². The quantitative estimate of drug-likeness (QED) is 0.567. The average molecular weight is 456 g/mol. The lowest BCUT2D eigenvalue weighted by atomic mass is 10.1. The first-order chi connectivity index (χ1) is 14.5. The van der Waals surface area contributed by atoms with Gasteiger partial charge in [0.1, 0.15) is 17.9 Å². The third-order valence-electron chi connectivity index (χ3n) is 4.58. The summed E-state index contributed by atoms with van der Waals surface area (Å²) in [5, 5.41) is 21.2. The second-order valence-electron chi connectivity index (χ2n) is 6.63. The first kappa shape index (κ1) is 22.4. The molecule has 1 aromatic heterocycles. The second-order valence-corrected chi connectivity index (χ2v) is 7.62. The minimum atomic E-state index is -5.01. The number of fused-ring (bicyclic) bond motifs is 1. The number of nitrogens with zero attached hydrogens (tertiary/aromatic N) is 1. The van der Waals surface area contributed by atoms with Crippen LogP contribution in [-0.4, -0.2) is 45.2 Å². The van der Waals surface area contributed by atoms with Crippen molar-refractivity contribution in [2.75, 3.05) is 6.54 Å². The van der Waals surface area contributed by atoms with E-state index in [1.165, 1.54) is 28.5 Å². The van der Waals surface area contributed by atoms with E-state index in [2.05, 4.69) is 0 Å². The van der Waals surface area contributed by atoms with Gasteiger partial charge in [-0.1, -0.05) is 24.3 Å². The van der Waals surface area contributed by atoms with Crippen molar-refractivity contribution in [2.24, 2.45) is 0 Å². The topological polar surface area (TPSA) is 126 Å². The molecular formula is C19H15F3N2O6S. The first-order valence-corrected chi connectivity index (χ1v) is 9.92. The molecule has 8 nitrogen and oxygen atoms in total. The number of alkyl halides is 3. The number of carbonyl (C=O) groups is 3. The highest BCUT2D eigenvalue weighted by atomic mass is 32.2. The predicted molar refractivity (Wildman–Crippen MR) is 103 cm³/mol. The minimum Gasteiger partial charge on any atom is -0.507 e. The van der Waals surface area contributed by atoms with Crippen molar-refractivity contribution in [1.29, 1.82) is 0 Å². The molecule has 2 heterocycles. The fourth-order valence-electron chi connectivity index (χ4n) is 3.10. The van der Waals surface area contributed by atoms with Crippen molar-refractivity contribution in [3.8, 4) is 5.75 Å². The number of rotatable bonds is 6. The van der Waals surface area contributed by atoms with Crippen molar-refractivity contribution < 1.29 is 37.8 Å². The minimum absolute atomic E-state index is 0.123. The smallest absolute Gasteiger partial charge is 0.454 e. The molecule has 12 heteroatoms. The zero-order chi connectivity index (χ0) is 22.9. The summed E-state index contributed by atoms with van der Waals surface area (Å²) in [6.45, 7) is -0.875. The van der Waals surface area contributed by atoms with Gasteiger partial charge < -0.3 is 20.1 Å². The number of aromatic nitrogens is 1. The fraction of sp³-hybridized carbons (Fsp3) is 0.263. The highest BCUT2D eigenvalue weighted by Crippen LogP contribution is 2.36. The van der Waals surface area contributed by atoms with Crippen molar-refractivity contribution in [2.45, 2.75) is 24.2 Å². The van der Waals surface area contributed by atoms with Crippen molar-refractivity contribution >= 4 is 29.4 Å². The van der Waals surface area contributed by atoms with Crippen LogP contribution in [0.3, 0.4) is 0 Å². The molecule has 2 aromatic rings. The Morgan fingerprint density at radius 1 is 1.13 bits per heavy atom. The lowest BCUT2D eigenvalue weighted by Crippen LogP contribution is -2.37. The molecular weight excluding hydrogens is 441 g/mol. The molecule has 0 bridgehead atoms. The van der Waals surface area contributed by atoms with E-state index in [9.17, 15) is 37.5 Å². The number of carboxylic acids is 1. The molecule has 1 aliphatic heterocycles. The molecule has 3 N–H and O–H groups in total. The molecule has 0 aliphatic carbocycles. The molecule has 164 valence electrons. The van der Waals surface area contributed by atoms with E-state index in [-0.39, 0.29) is 6.54 Å². The van der Waals surface area contributed by atoms with Crippen LogP contribution in [0.4, 0.5) is 13.2 Å². The first-order valence-electron chi connectivity index (χ1n) is 8.76. The van der Waals surface area contributed by atoms with Crippen LogP contribution in [0.25, 0.3) is 0 Å². The van der Waals surface area contributed by atoms with Crippen LogP contribution < -0.4 is 10.9 Å². The number of hydrogen-bond acceptors (Lipinski definition) is 6. The van der Waals surface area contributed by atoms with Gasteiger partial charge in [-0.2, -0.15) is 24.9 Å². The number of nitrogens with one attached hydrogen (secondary N) is 1. The number of halogens is 3. The molecule has 0 atom stereocenters. The number of carboxylic acid groups (broad SMARTS) is 1. The maximum absolute atomic E-state index is 12.9. The van der Waals surface area contributed by atoms with Crippen molar-refractivity contribution in [1.82, 2.24) is 9.88 Å². The standard InChI is InChI=1S/C19H15F3N2O6S/c20-19(21,22)16(28)10-3-1-9(2-4-10)6-24-12-8-31-7-11(12)15(27)14(18(24)30)17(29)23-5-13(25)26/h1-4,27H,5-8H2,(H,23,29)(H,25,26). The van der Waals surface area contributed by atoms with Crippen molar-refractivity contribution in [3.63, 3.8) is 0 Å². The van der Waals surface area contributed by atoms with Gasteiger partial charge in [-0.15, -0.1) is 0 Å². The molecule has 0 unspecified atom stereocenters. The van der Waals surface area contributed by atoms with E-state index >= 15 is 0 Å². The zero-order valence-corrected chi connectivity index (χ0v) is 16.5. The Hall–Kier alpha value is -3.28. The second kappa shape index (κ2) is 8.46. The number of ketones is 1. The van der Waals surface area contributed by atoms with Crippen LogP contribution in [0.5, 0.6) is 5.75 Å². The van der Waals surface area contributed by atoms with Gasteiger partial charge in [0.05, 0.1) is 6.54 Å². The summed E-state index contributed by atoms with van der Waals surface area (Å²) in [7, 11) is 0. The molecule has 0 fully saturated rings. The summed E-state index contributed by atoms with van der Waals surface area (Å²) in [5.41, 5.74) is -0.818. The number of amides is 1. The number of aromatic hydroxyl groups is 1. The molecule has 31 heavy (non-hydrogen) atoms. The number of pyridine rings is 1. The summed E-state index contributed by atoms with van der Waals surface area (Å²) in [4.78, 5) is 47.2. The summed E-state index contributed by atoms with van der Waals surface area (Å²) < 4.78 is 38.9. The number of Topliss-reactive ketones (excluding diaryl/α,β-unsaturated/α-hetero) is 1. The molecule has 3 rings (SSSR count). The Morgan fingerprint density at radius 2 is 1.77 bits per heavy atom. The van der Waals surface area contributed by atoms with Gasteiger partial charge in [-0.05, 0) is 5.56 Å². The highest BCUT2D eigenvalue weighted by Gasteiger charge is 2.39. The Balaban J connectivity index is 1.98. The van der Waals surface area contributed by atoms with Crippen molar-refractivity contribution in [3.05, 3.63) is 62.6 Å². The fourth-order valence-corrected chi connectivity index (χ4v) is 4.23. The van der Waals surface area contributed by atoms with Crippen LogP contribution in [-0.2, 0) is 22.8 Å². The Kier molecular flexibility index (Phi) is 6.11. The van der Waals surface area contributed by atoms with E-state index in [1.54, 1.807) is 0 Å². The number of carbonyl (C=O) groups excluding carboxylic acids is 2. The maximum Gasteiger partial charge on any atom is 0.454 e. The monoisotopic (exact) mass is 456 g/mol. The van der Waals surface area contributed by atoms with Crippen LogP contribution in [0.1, 0.15) is 37.5 Å². The van der Waals surface area contributed by atoms with Gasteiger partial charge in [-0.3, -0.25) is 19.2 Å². The van der Waals surface area contributed by atoms with E-state index in [4.69, 9.17) is 5.11 Å². The molecule has 0 radical (unpaired) electrons. The largest absolute Gasteiger partial charge is 0.507 e. The SMILES string of the molecule is O=C(O)CNC(=O)c1c(O)c2c(n(Cc3ccc(C(=O)C(F)(F)F)cc3)c1=O)CSC2.